The SMILES string of the molecule is O=C(N[C@@H]1COc2ccccc2C1)c1cccc(-c2ccoc2)c1. The Bertz CT molecular complexity index is 855. The highest BCUT2D eigenvalue weighted by Crippen LogP contribution is 2.24. The maximum atomic E-state index is 12.6. The van der Waals surface area contributed by atoms with Crippen molar-refractivity contribution in [1.82, 2.24) is 5.32 Å². The normalized spacial score (nSPS) is 16.1. The molecule has 1 atom stereocenters. The minimum Gasteiger partial charge on any atom is -0.491 e. The number of rotatable bonds is 3. The smallest absolute Gasteiger partial charge is 0.251 e. The largest absolute Gasteiger partial charge is 0.491 e. The van der Waals surface area contributed by atoms with Crippen LogP contribution in [0.25, 0.3) is 11.1 Å². The van der Waals surface area contributed by atoms with E-state index in [0.29, 0.717) is 12.2 Å². The van der Waals surface area contributed by atoms with E-state index in [2.05, 4.69) is 5.32 Å². The molecule has 3 aromatic rings. The molecule has 1 aromatic heterocycles. The molecular weight excluding hydrogens is 302 g/mol. The van der Waals surface area contributed by atoms with Crippen LogP contribution in [-0.2, 0) is 6.42 Å². The number of ether oxygens (including phenoxy) is 1. The van der Waals surface area contributed by atoms with Crippen molar-refractivity contribution in [3.05, 3.63) is 78.3 Å². The van der Waals surface area contributed by atoms with Crippen LogP contribution in [0.2, 0.25) is 0 Å². The van der Waals surface area contributed by atoms with Gasteiger partial charge < -0.3 is 14.5 Å². The number of nitrogens with one attached hydrogen (secondary N) is 1. The van der Waals surface area contributed by atoms with Crippen molar-refractivity contribution < 1.29 is 13.9 Å². The molecule has 1 aliphatic rings. The van der Waals surface area contributed by atoms with E-state index in [4.69, 9.17) is 9.15 Å². The number of para-hydroxylation sites is 1. The Hall–Kier alpha value is -3.01. The number of carbonyl (C=O) groups excluding carboxylic acids is 1. The fourth-order valence-electron chi connectivity index (χ4n) is 2.96. The highest BCUT2D eigenvalue weighted by atomic mass is 16.5. The molecule has 120 valence electrons. The number of amides is 1. The molecule has 0 fully saturated rings. The number of hydrogen-bond donors (Lipinski definition) is 1. The zero-order valence-electron chi connectivity index (χ0n) is 13.1. The van der Waals surface area contributed by atoms with Gasteiger partial charge in [-0.05, 0) is 41.8 Å². The number of carbonyl (C=O) groups is 1. The van der Waals surface area contributed by atoms with E-state index in [1.165, 1.54) is 0 Å². The van der Waals surface area contributed by atoms with Gasteiger partial charge in [0, 0.05) is 11.1 Å². The highest BCUT2D eigenvalue weighted by molar-refractivity contribution is 5.95. The van der Waals surface area contributed by atoms with Gasteiger partial charge in [0.05, 0.1) is 18.6 Å². The van der Waals surface area contributed by atoms with E-state index in [9.17, 15) is 4.79 Å². The van der Waals surface area contributed by atoms with Gasteiger partial charge in [0.1, 0.15) is 12.4 Å². The van der Waals surface area contributed by atoms with Crippen LogP contribution in [0, 0.1) is 0 Å². The fourth-order valence-corrected chi connectivity index (χ4v) is 2.96. The minimum absolute atomic E-state index is 0.0232. The average molecular weight is 319 g/mol. The van der Waals surface area contributed by atoms with Crippen molar-refractivity contribution in [3.63, 3.8) is 0 Å². The van der Waals surface area contributed by atoms with Gasteiger partial charge >= 0.3 is 0 Å². The molecule has 2 heterocycles. The van der Waals surface area contributed by atoms with Gasteiger partial charge in [-0.1, -0.05) is 30.3 Å². The lowest BCUT2D eigenvalue weighted by Crippen LogP contribution is -2.42. The first-order valence-corrected chi connectivity index (χ1v) is 7.94. The van der Waals surface area contributed by atoms with Crippen LogP contribution >= 0.6 is 0 Å². The molecule has 4 rings (SSSR count). The molecular formula is C20H17NO3. The van der Waals surface area contributed by atoms with Crippen LogP contribution in [0.1, 0.15) is 15.9 Å². The Kier molecular flexibility index (Phi) is 3.79. The fraction of sp³-hybridized carbons (Fsp3) is 0.150. The molecule has 0 aliphatic carbocycles. The van der Waals surface area contributed by atoms with Gasteiger partial charge in [0.25, 0.3) is 5.91 Å². The molecule has 2 aromatic carbocycles. The van der Waals surface area contributed by atoms with Gasteiger partial charge in [-0.25, -0.2) is 0 Å². The second-order valence-electron chi connectivity index (χ2n) is 5.89. The Morgan fingerprint density at radius 3 is 2.83 bits per heavy atom. The molecule has 0 saturated heterocycles. The predicted molar refractivity (Wildman–Crippen MR) is 91.0 cm³/mol. The lowest BCUT2D eigenvalue weighted by atomic mass is 10.0. The first-order chi connectivity index (χ1) is 11.8. The van der Waals surface area contributed by atoms with E-state index in [1.807, 2.05) is 54.6 Å². The Labute approximate surface area is 140 Å². The third-order valence-electron chi connectivity index (χ3n) is 4.19. The number of hydrogen-bond acceptors (Lipinski definition) is 3. The average Bonchev–Trinajstić information content (AvgIpc) is 3.16. The summed E-state index contributed by atoms with van der Waals surface area (Å²) in [7, 11) is 0. The van der Waals surface area contributed by atoms with Crippen molar-refractivity contribution >= 4 is 5.91 Å². The second-order valence-corrected chi connectivity index (χ2v) is 5.89. The number of fused-ring (bicyclic) bond motifs is 1. The molecule has 0 spiro atoms. The molecule has 4 heteroatoms. The summed E-state index contributed by atoms with van der Waals surface area (Å²) in [5.74, 6) is 0.818. The standard InChI is InChI=1S/C20H17NO3/c22-20(16-6-3-5-14(10-16)17-8-9-23-12-17)21-18-11-15-4-1-2-7-19(15)24-13-18/h1-10,12,18H,11,13H2,(H,21,22)/t18-/m0/s1. The highest BCUT2D eigenvalue weighted by Gasteiger charge is 2.21. The summed E-state index contributed by atoms with van der Waals surface area (Å²) >= 11 is 0. The molecule has 1 amide bonds. The number of benzene rings is 2. The van der Waals surface area contributed by atoms with Gasteiger partial charge in [0.2, 0.25) is 0 Å². The minimum atomic E-state index is -0.0895. The van der Waals surface area contributed by atoms with Gasteiger partial charge in [-0.15, -0.1) is 0 Å². The van der Waals surface area contributed by atoms with Crippen LogP contribution in [0.3, 0.4) is 0 Å². The quantitative estimate of drug-likeness (QED) is 0.801. The van der Waals surface area contributed by atoms with Crippen LogP contribution in [-0.4, -0.2) is 18.6 Å². The van der Waals surface area contributed by atoms with Crippen LogP contribution in [0.4, 0.5) is 0 Å². The summed E-state index contributed by atoms with van der Waals surface area (Å²) in [4.78, 5) is 12.6. The zero-order chi connectivity index (χ0) is 16.4. The Morgan fingerprint density at radius 1 is 1.04 bits per heavy atom. The summed E-state index contributed by atoms with van der Waals surface area (Å²) in [5, 5.41) is 3.06. The molecule has 1 aliphatic heterocycles. The van der Waals surface area contributed by atoms with Gasteiger partial charge in [0.15, 0.2) is 0 Å². The Morgan fingerprint density at radius 2 is 1.96 bits per heavy atom. The molecule has 4 nitrogen and oxygen atoms in total. The molecule has 0 saturated carbocycles. The maximum absolute atomic E-state index is 12.6. The van der Waals surface area contributed by atoms with Crippen LogP contribution < -0.4 is 10.1 Å². The van der Waals surface area contributed by atoms with Crippen molar-refractivity contribution in [2.75, 3.05) is 6.61 Å². The molecule has 0 unspecified atom stereocenters. The maximum Gasteiger partial charge on any atom is 0.251 e. The van der Waals surface area contributed by atoms with E-state index in [0.717, 1.165) is 28.9 Å². The zero-order valence-corrected chi connectivity index (χ0v) is 13.1. The van der Waals surface area contributed by atoms with Crippen molar-refractivity contribution in [1.29, 1.82) is 0 Å². The molecule has 24 heavy (non-hydrogen) atoms. The summed E-state index contributed by atoms with van der Waals surface area (Å²) in [6.45, 7) is 0.490. The predicted octanol–water partition coefficient (Wildman–Crippen LogP) is 3.68. The molecule has 0 bridgehead atoms. The summed E-state index contributed by atoms with van der Waals surface area (Å²) in [6, 6.07) is 17.3. The van der Waals surface area contributed by atoms with E-state index < -0.39 is 0 Å². The summed E-state index contributed by atoms with van der Waals surface area (Å²) < 4.78 is 10.8. The lowest BCUT2D eigenvalue weighted by molar-refractivity contribution is 0.0915. The van der Waals surface area contributed by atoms with Crippen LogP contribution in [0.15, 0.2) is 71.5 Å². The summed E-state index contributed by atoms with van der Waals surface area (Å²) in [6.07, 6.45) is 4.07. The second kappa shape index (κ2) is 6.24. The van der Waals surface area contributed by atoms with Crippen molar-refractivity contribution in [3.8, 4) is 16.9 Å². The van der Waals surface area contributed by atoms with Crippen molar-refractivity contribution in [2.45, 2.75) is 12.5 Å². The monoisotopic (exact) mass is 319 g/mol. The number of furan rings is 1. The van der Waals surface area contributed by atoms with E-state index in [1.54, 1.807) is 12.5 Å². The third-order valence-corrected chi connectivity index (χ3v) is 4.19. The molecule has 0 radical (unpaired) electrons. The van der Waals surface area contributed by atoms with E-state index >= 15 is 0 Å². The molecule has 1 N–H and O–H groups in total. The first kappa shape index (κ1) is 14.6. The lowest BCUT2D eigenvalue weighted by Gasteiger charge is -2.26. The summed E-state index contributed by atoms with van der Waals surface area (Å²) in [5.41, 5.74) is 3.68. The van der Waals surface area contributed by atoms with Gasteiger partial charge in [-0.3, -0.25) is 4.79 Å². The van der Waals surface area contributed by atoms with Crippen molar-refractivity contribution in [2.24, 2.45) is 0 Å². The first-order valence-electron chi connectivity index (χ1n) is 7.94. The topological polar surface area (TPSA) is 51.5 Å². The third kappa shape index (κ3) is 2.91. The van der Waals surface area contributed by atoms with Gasteiger partial charge in [-0.2, -0.15) is 0 Å². The Balaban J connectivity index is 1.48. The van der Waals surface area contributed by atoms with Crippen LogP contribution in [0.5, 0.6) is 5.75 Å². The van der Waals surface area contributed by atoms with E-state index in [-0.39, 0.29) is 11.9 Å².